The number of aryl methyl sites for hydroxylation is 3. The molecule has 36 heavy (non-hydrogen) atoms. The number of hydrogen-bond donors (Lipinski definition) is 0. The smallest absolute Gasteiger partial charge is 0.223 e. The highest BCUT2D eigenvalue weighted by Crippen LogP contribution is 2.35. The molecular formula is C31H35N3O2. The molecule has 5 heteroatoms. The van der Waals surface area contributed by atoms with Gasteiger partial charge < -0.3 is 14.2 Å². The van der Waals surface area contributed by atoms with Crippen LogP contribution in [0, 0.1) is 13.8 Å². The molecule has 2 atom stereocenters. The third-order valence-electron chi connectivity index (χ3n) is 7.20. The summed E-state index contributed by atoms with van der Waals surface area (Å²) in [7, 11) is 0. The van der Waals surface area contributed by atoms with Crippen molar-refractivity contribution in [3.63, 3.8) is 0 Å². The van der Waals surface area contributed by atoms with Crippen LogP contribution in [-0.2, 0) is 11.3 Å². The zero-order valence-electron chi connectivity index (χ0n) is 21.5. The van der Waals surface area contributed by atoms with Gasteiger partial charge in [0.1, 0.15) is 11.6 Å². The van der Waals surface area contributed by atoms with Crippen molar-refractivity contribution in [2.45, 2.75) is 58.5 Å². The first-order valence-electron chi connectivity index (χ1n) is 13.0. The topological polar surface area (TPSA) is 47.4 Å². The maximum atomic E-state index is 13.1. The third kappa shape index (κ3) is 5.15. The Labute approximate surface area is 213 Å². The highest BCUT2D eigenvalue weighted by Gasteiger charge is 2.36. The van der Waals surface area contributed by atoms with Crippen molar-refractivity contribution in [2.24, 2.45) is 0 Å². The number of imidazole rings is 1. The van der Waals surface area contributed by atoms with Crippen LogP contribution < -0.4 is 4.74 Å². The van der Waals surface area contributed by atoms with Crippen LogP contribution in [0.2, 0.25) is 0 Å². The van der Waals surface area contributed by atoms with E-state index in [0.717, 1.165) is 42.0 Å². The molecule has 0 spiro atoms. The molecule has 1 aliphatic rings. The summed E-state index contributed by atoms with van der Waals surface area (Å²) in [6.07, 6.45) is 2.46. The largest absolute Gasteiger partial charge is 0.494 e. The lowest BCUT2D eigenvalue weighted by molar-refractivity contribution is -0.129. The number of benzene rings is 3. The van der Waals surface area contributed by atoms with E-state index in [1.807, 2.05) is 29.2 Å². The Hall–Kier alpha value is -3.60. The van der Waals surface area contributed by atoms with E-state index in [1.54, 1.807) is 0 Å². The van der Waals surface area contributed by atoms with E-state index in [-0.39, 0.29) is 17.9 Å². The van der Waals surface area contributed by atoms with E-state index in [9.17, 15) is 4.79 Å². The second-order valence-electron chi connectivity index (χ2n) is 10.0. The minimum absolute atomic E-state index is 0.0592. The number of hydrogen-bond acceptors (Lipinski definition) is 3. The summed E-state index contributed by atoms with van der Waals surface area (Å²) < 4.78 is 8.36. The summed E-state index contributed by atoms with van der Waals surface area (Å²) >= 11 is 0. The molecule has 3 aromatic carbocycles. The molecule has 4 aromatic rings. The van der Waals surface area contributed by atoms with Gasteiger partial charge in [0.2, 0.25) is 5.91 Å². The molecule has 0 N–H and O–H groups in total. The fourth-order valence-electron chi connectivity index (χ4n) is 5.41. The number of ether oxygens (including phenoxy) is 1. The fraction of sp³-hybridized carbons (Fsp3) is 0.355. The van der Waals surface area contributed by atoms with E-state index < -0.39 is 0 Å². The number of aromatic nitrogens is 2. The summed E-state index contributed by atoms with van der Waals surface area (Å²) in [6.45, 7) is 8.57. The van der Waals surface area contributed by atoms with E-state index >= 15 is 0 Å². The highest BCUT2D eigenvalue weighted by molar-refractivity contribution is 5.81. The Morgan fingerprint density at radius 3 is 2.47 bits per heavy atom. The molecule has 1 fully saturated rings. The molecule has 1 aromatic heterocycles. The van der Waals surface area contributed by atoms with Gasteiger partial charge in [-0.1, -0.05) is 48.5 Å². The summed E-state index contributed by atoms with van der Waals surface area (Å²) in [5.41, 5.74) is 5.76. The first-order chi connectivity index (χ1) is 17.5. The number of fused-ring (bicyclic) bond motifs is 1. The number of amides is 1. The van der Waals surface area contributed by atoms with E-state index in [1.165, 1.54) is 16.7 Å². The van der Waals surface area contributed by atoms with Gasteiger partial charge in [-0.15, -0.1) is 0 Å². The van der Waals surface area contributed by atoms with E-state index in [2.05, 4.69) is 73.9 Å². The maximum absolute atomic E-state index is 13.1. The number of likely N-dealkylation sites (tertiary alicyclic amines) is 1. The summed E-state index contributed by atoms with van der Waals surface area (Å²) in [5, 5.41) is 0. The molecular weight excluding hydrogens is 446 g/mol. The van der Waals surface area contributed by atoms with Crippen LogP contribution in [0.25, 0.3) is 11.0 Å². The van der Waals surface area contributed by atoms with E-state index in [4.69, 9.17) is 9.72 Å². The van der Waals surface area contributed by atoms with Crippen LogP contribution in [0.3, 0.4) is 0 Å². The summed E-state index contributed by atoms with van der Waals surface area (Å²) in [4.78, 5) is 20.1. The van der Waals surface area contributed by atoms with Crippen LogP contribution in [0.5, 0.6) is 5.75 Å². The lowest BCUT2D eigenvalue weighted by Crippen LogP contribution is -2.28. The van der Waals surface area contributed by atoms with Crippen LogP contribution in [0.4, 0.5) is 0 Å². The van der Waals surface area contributed by atoms with Crippen molar-refractivity contribution < 1.29 is 9.53 Å². The summed E-state index contributed by atoms with van der Waals surface area (Å²) in [6, 6.07) is 25.0. The highest BCUT2D eigenvalue weighted by atomic mass is 16.5. The SMILES string of the molecule is Cc1cc(C)cc(OCCCCn2c(C3CC(=O)N(C(C)c4ccccc4)C3)nc3ccccc32)c1. The number of nitrogens with zero attached hydrogens (tertiary/aromatic N) is 3. The van der Waals surface area contributed by atoms with Crippen molar-refractivity contribution in [1.29, 1.82) is 0 Å². The Bertz CT molecular complexity index is 1320. The first kappa shape index (κ1) is 24.1. The van der Waals surface area contributed by atoms with Gasteiger partial charge in [-0.05, 0) is 74.6 Å². The first-order valence-corrected chi connectivity index (χ1v) is 13.0. The van der Waals surface area contributed by atoms with Gasteiger partial charge in [0, 0.05) is 25.4 Å². The predicted molar refractivity (Wildman–Crippen MR) is 144 cm³/mol. The molecule has 0 radical (unpaired) electrons. The average Bonchev–Trinajstić information content (AvgIpc) is 3.44. The normalized spacial score (nSPS) is 16.6. The van der Waals surface area contributed by atoms with Gasteiger partial charge in [-0.2, -0.15) is 0 Å². The molecule has 0 aliphatic carbocycles. The van der Waals surface area contributed by atoms with Crippen molar-refractivity contribution in [2.75, 3.05) is 13.2 Å². The molecule has 1 aliphatic heterocycles. The van der Waals surface area contributed by atoms with Gasteiger partial charge in [-0.25, -0.2) is 4.98 Å². The van der Waals surface area contributed by atoms with Gasteiger partial charge in [0.05, 0.1) is 23.7 Å². The Kier molecular flexibility index (Phi) is 7.08. The fourth-order valence-corrected chi connectivity index (χ4v) is 5.41. The monoisotopic (exact) mass is 481 g/mol. The molecule has 0 saturated carbocycles. The van der Waals surface area contributed by atoms with E-state index in [0.29, 0.717) is 19.6 Å². The molecule has 5 nitrogen and oxygen atoms in total. The van der Waals surface area contributed by atoms with Gasteiger partial charge in [0.25, 0.3) is 0 Å². The lowest BCUT2D eigenvalue weighted by Gasteiger charge is -2.25. The maximum Gasteiger partial charge on any atom is 0.223 e. The van der Waals surface area contributed by atoms with Crippen LogP contribution in [-0.4, -0.2) is 33.5 Å². The number of para-hydroxylation sites is 2. The zero-order valence-corrected chi connectivity index (χ0v) is 21.5. The average molecular weight is 482 g/mol. The zero-order chi connectivity index (χ0) is 25.1. The van der Waals surface area contributed by atoms with Crippen LogP contribution in [0.15, 0.2) is 72.8 Å². The van der Waals surface area contributed by atoms with Crippen molar-refractivity contribution in [3.8, 4) is 5.75 Å². The molecule has 2 unspecified atom stereocenters. The molecule has 186 valence electrons. The minimum Gasteiger partial charge on any atom is -0.494 e. The molecule has 2 heterocycles. The van der Waals surface area contributed by atoms with Crippen molar-refractivity contribution in [1.82, 2.24) is 14.5 Å². The standard InChI is InChI=1S/C31H35N3O2/c1-22-17-23(2)19-27(18-22)36-16-10-9-15-33-29-14-8-7-13-28(29)32-31(33)26-20-30(35)34(21-26)24(3)25-11-5-4-6-12-25/h4-8,11-14,17-19,24,26H,9-10,15-16,20-21H2,1-3H3. The summed E-state index contributed by atoms with van der Waals surface area (Å²) in [5.74, 6) is 2.28. The minimum atomic E-state index is 0.0592. The van der Waals surface area contributed by atoms with Crippen LogP contribution in [0.1, 0.15) is 60.7 Å². The van der Waals surface area contributed by atoms with Crippen molar-refractivity contribution in [3.05, 3.63) is 95.3 Å². The third-order valence-corrected chi connectivity index (χ3v) is 7.20. The second-order valence-corrected chi connectivity index (χ2v) is 10.0. The predicted octanol–water partition coefficient (Wildman–Crippen LogP) is 6.59. The Balaban J connectivity index is 1.28. The number of carbonyl (C=O) groups is 1. The lowest BCUT2D eigenvalue weighted by atomic mass is 10.1. The number of unbranched alkanes of at least 4 members (excludes halogenated alkanes) is 1. The number of rotatable bonds is 9. The Morgan fingerprint density at radius 2 is 1.69 bits per heavy atom. The van der Waals surface area contributed by atoms with Gasteiger partial charge in [-0.3, -0.25) is 4.79 Å². The second kappa shape index (κ2) is 10.6. The quantitative estimate of drug-likeness (QED) is 0.253. The van der Waals surface area contributed by atoms with Gasteiger partial charge >= 0.3 is 0 Å². The van der Waals surface area contributed by atoms with Gasteiger partial charge in [0.15, 0.2) is 0 Å². The van der Waals surface area contributed by atoms with Crippen molar-refractivity contribution >= 4 is 16.9 Å². The molecule has 1 saturated heterocycles. The molecule has 1 amide bonds. The Morgan fingerprint density at radius 1 is 0.972 bits per heavy atom. The molecule has 0 bridgehead atoms. The van der Waals surface area contributed by atoms with Crippen LogP contribution >= 0.6 is 0 Å². The molecule has 5 rings (SSSR count). The number of carbonyl (C=O) groups excluding carboxylic acids is 1.